The molecule has 3 heterocycles. The van der Waals surface area contributed by atoms with Crippen LogP contribution >= 0.6 is 15.9 Å². The third kappa shape index (κ3) is 2.33. The Balaban J connectivity index is 1.98. The van der Waals surface area contributed by atoms with Gasteiger partial charge in [-0.15, -0.1) is 0 Å². The zero-order valence-corrected chi connectivity index (χ0v) is 11.9. The van der Waals surface area contributed by atoms with Gasteiger partial charge in [-0.25, -0.2) is 15.0 Å². The van der Waals surface area contributed by atoms with Crippen LogP contribution in [0.4, 0.5) is 5.82 Å². The fourth-order valence-electron chi connectivity index (χ4n) is 1.99. The molecule has 0 aliphatic carbocycles. The molecule has 98 valence electrons. The Labute approximate surface area is 118 Å². The lowest BCUT2D eigenvalue weighted by molar-refractivity contribution is 0.700. The molecule has 7 heteroatoms. The summed E-state index contributed by atoms with van der Waals surface area (Å²) in [6.07, 6.45) is 9.98. The summed E-state index contributed by atoms with van der Waals surface area (Å²) < 4.78 is 2.68. The summed E-state index contributed by atoms with van der Waals surface area (Å²) in [6.45, 7) is 2.10. The molecule has 19 heavy (non-hydrogen) atoms. The van der Waals surface area contributed by atoms with E-state index in [9.17, 15) is 0 Å². The SMILES string of the molecule is CCC(Nc1nc(Br)cn2ccnc12)c1ncc[nH]1. The van der Waals surface area contributed by atoms with Gasteiger partial charge in [-0.2, -0.15) is 0 Å². The molecule has 0 aliphatic rings. The number of halogens is 1. The van der Waals surface area contributed by atoms with Crippen molar-refractivity contribution in [2.45, 2.75) is 19.4 Å². The molecule has 1 atom stereocenters. The van der Waals surface area contributed by atoms with Crippen molar-refractivity contribution in [1.82, 2.24) is 24.3 Å². The fraction of sp³-hybridized carbons (Fsp3) is 0.250. The van der Waals surface area contributed by atoms with Crippen molar-refractivity contribution in [3.8, 4) is 0 Å². The number of imidazole rings is 2. The van der Waals surface area contributed by atoms with Gasteiger partial charge < -0.3 is 14.7 Å². The lowest BCUT2D eigenvalue weighted by atomic mass is 10.2. The van der Waals surface area contributed by atoms with Crippen molar-refractivity contribution in [2.24, 2.45) is 0 Å². The minimum absolute atomic E-state index is 0.0808. The van der Waals surface area contributed by atoms with Gasteiger partial charge in [0.1, 0.15) is 10.4 Å². The largest absolute Gasteiger partial charge is 0.357 e. The number of aromatic nitrogens is 5. The molecule has 2 N–H and O–H groups in total. The number of aromatic amines is 1. The summed E-state index contributed by atoms with van der Waals surface area (Å²) in [6, 6.07) is 0.0808. The third-order valence-electron chi connectivity index (χ3n) is 2.91. The molecule has 0 saturated heterocycles. The first-order valence-corrected chi connectivity index (χ1v) is 6.82. The van der Waals surface area contributed by atoms with Crippen LogP contribution in [0.25, 0.3) is 5.65 Å². The normalized spacial score (nSPS) is 12.7. The van der Waals surface area contributed by atoms with E-state index in [2.05, 4.69) is 48.1 Å². The second-order valence-electron chi connectivity index (χ2n) is 4.15. The van der Waals surface area contributed by atoms with Crippen molar-refractivity contribution in [2.75, 3.05) is 5.32 Å². The maximum Gasteiger partial charge on any atom is 0.180 e. The molecule has 3 aromatic rings. The first-order chi connectivity index (χ1) is 9.28. The second-order valence-corrected chi connectivity index (χ2v) is 4.96. The molecule has 0 fully saturated rings. The standard InChI is InChI=1S/C12H13BrN6/c1-2-8(10-14-3-4-15-10)17-11-12-16-5-6-19(12)7-9(13)18-11/h3-8H,2H2,1H3,(H,14,15)(H,17,18). The zero-order chi connectivity index (χ0) is 13.2. The van der Waals surface area contributed by atoms with Crippen LogP contribution in [0.15, 0.2) is 35.6 Å². The van der Waals surface area contributed by atoms with E-state index in [1.54, 1.807) is 12.4 Å². The van der Waals surface area contributed by atoms with Gasteiger partial charge in [0, 0.05) is 31.0 Å². The summed E-state index contributed by atoms with van der Waals surface area (Å²) in [5, 5.41) is 3.38. The van der Waals surface area contributed by atoms with E-state index in [1.807, 2.05) is 23.0 Å². The van der Waals surface area contributed by atoms with Crippen LogP contribution in [-0.4, -0.2) is 24.3 Å². The molecule has 0 amide bonds. The van der Waals surface area contributed by atoms with Gasteiger partial charge in [0.05, 0.1) is 6.04 Å². The highest BCUT2D eigenvalue weighted by molar-refractivity contribution is 9.10. The van der Waals surface area contributed by atoms with Crippen LogP contribution in [0.5, 0.6) is 0 Å². The Hall–Kier alpha value is -1.89. The van der Waals surface area contributed by atoms with Crippen molar-refractivity contribution >= 4 is 27.4 Å². The molecule has 3 aromatic heterocycles. The Kier molecular flexibility index (Phi) is 3.20. The highest BCUT2D eigenvalue weighted by Gasteiger charge is 2.15. The quantitative estimate of drug-likeness (QED) is 0.775. The van der Waals surface area contributed by atoms with E-state index in [1.165, 1.54) is 0 Å². The molecule has 3 rings (SSSR count). The summed E-state index contributed by atoms with van der Waals surface area (Å²) in [4.78, 5) is 16.2. The Bertz CT molecular complexity index is 675. The molecule has 1 unspecified atom stereocenters. The summed E-state index contributed by atoms with van der Waals surface area (Å²) in [7, 11) is 0. The van der Waals surface area contributed by atoms with Crippen molar-refractivity contribution in [1.29, 1.82) is 0 Å². The fourth-order valence-corrected chi connectivity index (χ4v) is 2.39. The molecular formula is C12H13BrN6. The molecule has 0 aliphatic heterocycles. The molecular weight excluding hydrogens is 308 g/mol. The lowest BCUT2D eigenvalue weighted by Crippen LogP contribution is -2.13. The summed E-state index contributed by atoms with van der Waals surface area (Å²) >= 11 is 3.41. The highest BCUT2D eigenvalue weighted by Crippen LogP contribution is 2.23. The van der Waals surface area contributed by atoms with Crippen LogP contribution < -0.4 is 5.32 Å². The van der Waals surface area contributed by atoms with Crippen LogP contribution in [0, 0.1) is 0 Å². The smallest absolute Gasteiger partial charge is 0.180 e. The zero-order valence-electron chi connectivity index (χ0n) is 10.3. The van der Waals surface area contributed by atoms with E-state index >= 15 is 0 Å². The second kappa shape index (κ2) is 5.00. The molecule has 6 nitrogen and oxygen atoms in total. The number of hydrogen-bond donors (Lipinski definition) is 2. The van der Waals surface area contributed by atoms with Gasteiger partial charge in [-0.1, -0.05) is 6.92 Å². The van der Waals surface area contributed by atoms with Gasteiger partial charge in [-0.05, 0) is 22.4 Å². The van der Waals surface area contributed by atoms with Crippen LogP contribution in [0.3, 0.4) is 0 Å². The van der Waals surface area contributed by atoms with Gasteiger partial charge in [0.2, 0.25) is 0 Å². The summed E-state index contributed by atoms with van der Waals surface area (Å²) in [5.74, 6) is 1.64. The van der Waals surface area contributed by atoms with Crippen LogP contribution in [-0.2, 0) is 0 Å². The maximum absolute atomic E-state index is 4.45. The number of nitrogens with one attached hydrogen (secondary N) is 2. The molecule has 0 saturated carbocycles. The van der Waals surface area contributed by atoms with Crippen molar-refractivity contribution in [3.05, 3.63) is 41.4 Å². The molecule has 0 aromatic carbocycles. The molecule has 0 radical (unpaired) electrons. The monoisotopic (exact) mass is 320 g/mol. The average Bonchev–Trinajstić information content (AvgIpc) is 3.05. The number of rotatable bonds is 4. The highest BCUT2D eigenvalue weighted by atomic mass is 79.9. The minimum Gasteiger partial charge on any atom is -0.357 e. The number of fused-ring (bicyclic) bond motifs is 1. The topological polar surface area (TPSA) is 70.9 Å². The Morgan fingerprint density at radius 3 is 3.05 bits per heavy atom. The summed E-state index contributed by atoms with van der Waals surface area (Å²) in [5.41, 5.74) is 0.799. The number of nitrogens with zero attached hydrogens (tertiary/aromatic N) is 4. The lowest BCUT2D eigenvalue weighted by Gasteiger charge is -2.16. The number of H-pyrrole nitrogens is 1. The molecule has 0 spiro atoms. The van der Waals surface area contributed by atoms with E-state index in [4.69, 9.17) is 0 Å². The third-order valence-corrected chi connectivity index (χ3v) is 3.30. The van der Waals surface area contributed by atoms with Gasteiger partial charge in [-0.3, -0.25) is 0 Å². The van der Waals surface area contributed by atoms with E-state index in [0.29, 0.717) is 0 Å². The van der Waals surface area contributed by atoms with E-state index in [0.717, 1.165) is 28.3 Å². The number of anilines is 1. The van der Waals surface area contributed by atoms with Crippen LogP contribution in [0.2, 0.25) is 0 Å². The Morgan fingerprint density at radius 2 is 2.32 bits per heavy atom. The van der Waals surface area contributed by atoms with E-state index in [-0.39, 0.29) is 6.04 Å². The average molecular weight is 321 g/mol. The first kappa shape index (κ1) is 12.2. The number of hydrogen-bond acceptors (Lipinski definition) is 4. The predicted octanol–water partition coefficient (Wildman–Crippen LogP) is 2.78. The van der Waals surface area contributed by atoms with Gasteiger partial charge in [0.25, 0.3) is 0 Å². The predicted molar refractivity (Wildman–Crippen MR) is 75.9 cm³/mol. The van der Waals surface area contributed by atoms with Gasteiger partial charge >= 0.3 is 0 Å². The van der Waals surface area contributed by atoms with Crippen molar-refractivity contribution < 1.29 is 0 Å². The van der Waals surface area contributed by atoms with Crippen molar-refractivity contribution in [3.63, 3.8) is 0 Å². The van der Waals surface area contributed by atoms with Crippen LogP contribution in [0.1, 0.15) is 25.2 Å². The van der Waals surface area contributed by atoms with Gasteiger partial charge in [0.15, 0.2) is 11.5 Å². The van der Waals surface area contributed by atoms with E-state index < -0.39 is 0 Å². The Morgan fingerprint density at radius 1 is 1.42 bits per heavy atom. The maximum atomic E-state index is 4.45. The first-order valence-electron chi connectivity index (χ1n) is 6.03. The molecule has 0 bridgehead atoms. The minimum atomic E-state index is 0.0808.